The average Bonchev–Trinajstić information content (AvgIpc) is 2.33. The molecule has 0 bridgehead atoms. The quantitative estimate of drug-likeness (QED) is 0.805. The molecule has 4 nitrogen and oxygen atoms in total. The van der Waals surface area contributed by atoms with Gasteiger partial charge in [-0.2, -0.15) is 0 Å². The van der Waals surface area contributed by atoms with Crippen LogP contribution in [0.2, 0.25) is 0 Å². The molecular formula is C14H22N2O2. The van der Waals surface area contributed by atoms with Gasteiger partial charge in [0.15, 0.2) is 0 Å². The van der Waals surface area contributed by atoms with E-state index >= 15 is 0 Å². The second-order valence-corrected chi connectivity index (χ2v) is 4.55. The lowest BCUT2D eigenvalue weighted by molar-refractivity contribution is -0.122. The molecule has 0 heterocycles. The summed E-state index contributed by atoms with van der Waals surface area (Å²) >= 11 is 0. The van der Waals surface area contributed by atoms with Crippen molar-refractivity contribution < 1.29 is 9.53 Å². The lowest BCUT2D eigenvalue weighted by Crippen LogP contribution is -2.38. The summed E-state index contributed by atoms with van der Waals surface area (Å²) in [6, 6.07) is 5.93. The maximum absolute atomic E-state index is 11.5. The molecule has 0 fully saturated rings. The van der Waals surface area contributed by atoms with Crippen LogP contribution in [0.25, 0.3) is 0 Å². The van der Waals surface area contributed by atoms with Crippen LogP contribution in [-0.4, -0.2) is 25.1 Å². The first kappa shape index (κ1) is 14.5. The highest BCUT2D eigenvalue weighted by Gasteiger charge is 2.05. The molecule has 0 saturated carbocycles. The Bertz CT molecular complexity index is 405. The van der Waals surface area contributed by atoms with E-state index in [1.807, 2.05) is 32.0 Å². The molecule has 0 aromatic heterocycles. The van der Waals surface area contributed by atoms with Gasteiger partial charge in [0.05, 0.1) is 13.0 Å². The Morgan fingerprint density at radius 2 is 2.11 bits per heavy atom. The zero-order valence-corrected chi connectivity index (χ0v) is 11.3. The third kappa shape index (κ3) is 4.75. The van der Waals surface area contributed by atoms with Crippen LogP contribution >= 0.6 is 0 Å². The third-order valence-corrected chi connectivity index (χ3v) is 2.84. The number of carbonyl (C=O) groups excluding carboxylic acids is 1. The number of carbonyl (C=O) groups is 1. The molecule has 4 heteroatoms. The summed E-state index contributed by atoms with van der Waals surface area (Å²) in [5.41, 5.74) is 7.85. The molecule has 1 aromatic carbocycles. The van der Waals surface area contributed by atoms with Gasteiger partial charge in [0.25, 0.3) is 0 Å². The van der Waals surface area contributed by atoms with E-state index in [0.29, 0.717) is 19.6 Å². The molecule has 1 rings (SSSR count). The largest absolute Gasteiger partial charge is 0.493 e. The molecular weight excluding hydrogens is 228 g/mol. The lowest BCUT2D eigenvalue weighted by atomic mass is 10.1. The van der Waals surface area contributed by atoms with E-state index in [-0.39, 0.29) is 11.9 Å². The van der Waals surface area contributed by atoms with Gasteiger partial charge in [0.1, 0.15) is 5.75 Å². The highest BCUT2D eigenvalue weighted by molar-refractivity contribution is 5.76. The smallest absolute Gasteiger partial charge is 0.223 e. The van der Waals surface area contributed by atoms with Crippen LogP contribution in [0.1, 0.15) is 24.5 Å². The molecule has 1 amide bonds. The second kappa shape index (κ2) is 7.01. The second-order valence-electron chi connectivity index (χ2n) is 4.55. The molecule has 0 spiro atoms. The Labute approximate surface area is 109 Å². The molecule has 0 aliphatic rings. The number of ether oxygens (including phenoxy) is 1. The summed E-state index contributed by atoms with van der Waals surface area (Å²) in [5.74, 6) is 0.773. The maximum Gasteiger partial charge on any atom is 0.223 e. The summed E-state index contributed by atoms with van der Waals surface area (Å²) < 4.78 is 5.54. The van der Waals surface area contributed by atoms with E-state index in [4.69, 9.17) is 10.5 Å². The summed E-state index contributed by atoms with van der Waals surface area (Å²) in [6.45, 7) is 6.80. The monoisotopic (exact) mass is 250 g/mol. The Balaban J connectivity index is 2.33. The van der Waals surface area contributed by atoms with Crippen LogP contribution in [-0.2, 0) is 4.79 Å². The molecule has 3 N–H and O–H groups in total. The van der Waals surface area contributed by atoms with E-state index < -0.39 is 0 Å². The molecule has 0 aliphatic carbocycles. The van der Waals surface area contributed by atoms with Crippen molar-refractivity contribution in [1.82, 2.24) is 5.32 Å². The molecule has 1 unspecified atom stereocenters. The van der Waals surface area contributed by atoms with Gasteiger partial charge in [-0.15, -0.1) is 0 Å². The first-order chi connectivity index (χ1) is 8.52. The lowest BCUT2D eigenvalue weighted by Gasteiger charge is -2.12. The minimum Gasteiger partial charge on any atom is -0.493 e. The van der Waals surface area contributed by atoms with E-state index in [1.54, 1.807) is 0 Å². The van der Waals surface area contributed by atoms with E-state index in [2.05, 4.69) is 12.2 Å². The van der Waals surface area contributed by atoms with Crippen molar-refractivity contribution >= 4 is 5.91 Å². The minimum atomic E-state index is -0.0308. The van der Waals surface area contributed by atoms with Gasteiger partial charge >= 0.3 is 0 Å². The predicted octanol–water partition coefficient (Wildman–Crippen LogP) is 1.54. The van der Waals surface area contributed by atoms with Crippen molar-refractivity contribution in [2.24, 2.45) is 5.73 Å². The maximum atomic E-state index is 11.5. The zero-order valence-electron chi connectivity index (χ0n) is 11.3. The summed E-state index contributed by atoms with van der Waals surface area (Å²) in [7, 11) is 0. The third-order valence-electron chi connectivity index (χ3n) is 2.84. The Morgan fingerprint density at radius 3 is 2.72 bits per heavy atom. The fourth-order valence-corrected chi connectivity index (χ4v) is 1.47. The molecule has 18 heavy (non-hydrogen) atoms. The Hall–Kier alpha value is -1.55. The molecule has 1 atom stereocenters. The number of amides is 1. The van der Waals surface area contributed by atoms with Crippen molar-refractivity contribution in [2.75, 3.05) is 13.2 Å². The van der Waals surface area contributed by atoms with Crippen molar-refractivity contribution in [2.45, 2.75) is 33.2 Å². The topological polar surface area (TPSA) is 64.3 Å². The van der Waals surface area contributed by atoms with Crippen LogP contribution < -0.4 is 15.8 Å². The highest BCUT2D eigenvalue weighted by atomic mass is 16.5. The van der Waals surface area contributed by atoms with Gasteiger partial charge in [-0.05, 0) is 44.0 Å². The number of hydrogen-bond acceptors (Lipinski definition) is 3. The first-order valence-electron chi connectivity index (χ1n) is 6.22. The number of hydrogen-bond donors (Lipinski definition) is 2. The number of benzene rings is 1. The summed E-state index contributed by atoms with van der Waals surface area (Å²) in [4.78, 5) is 11.5. The van der Waals surface area contributed by atoms with Crippen LogP contribution in [0, 0.1) is 13.8 Å². The summed E-state index contributed by atoms with van der Waals surface area (Å²) in [6.07, 6.45) is 0.345. The number of nitrogens with one attached hydrogen (secondary N) is 1. The zero-order chi connectivity index (χ0) is 13.5. The predicted molar refractivity (Wildman–Crippen MR) is 72.7 cm³/mol. The van der Waals surface area contributed by atoms with Gasteiger partial charge < -0.3 is 15.8 Å². The van der Waals surface area contributed by atoms with E-state index in [0.717, 1.165) is 5.75 Å². The molecule has 0 radical (unpaired) electrons. The van der Waals surface area contributed by atoms with Crippen LogP contribution in [0.15, 0.2) is 18.2 Å². The molecule has 1 aromatic rings. The van der Waals surface area contributed by atoms with E-state index in [9.17, 15) is 4.79 Å². The van der Waals surface area contributed by atoms with Crippen LogP contribution in [0.5, 0.6) is 5.75 Å². The fraction of sp³-hybridized carbons (Fsp3) is 0.500. The van der Waals surface area contributed by atoms with Gasteiger partial charge in [-0.25, -0.2) is 0 Å². The van der Waals surface area contributed by atoms with Gasteiger partial charge in [-0.1, -0.05) is 6.07 Å². The SMILES string of the molecule is Cc1ccc(OCCC(=O)NC(C)CN)cc1C. The Kier molecular flexibility index (Phi) is 5.65. The molecule has 0 aliphatic heterocycles. The standard InChI is InChI=1S/C14H22N2O2/c1-10-4-5-13(8-11(10)2)18-7-6-14(17)16-12(3)9-15/h4-5,8,12H,6-7,9,15H2,1-3H3,(H,16,17). The normalized spacial score (nSPS) is 12.0. The van der Waals surface area contributed by atoms with E-state index in [1.165, 1.54) is 11.1 Å². The molecule has 100 valence electrons. The van der Waals surface area contributed by atoms with Crippen molar-refractivity contribution in [3.63, 3.8) is 0 Å². The number of aryl methyl sites for hydroxylation is 2. The van der Waals surface area contributed by atoms with Crippen molar-refractivity contribution in [3.8, 4) is 5.75 Å². The Morgan fingerprint density at radius 1 is 1.39 bits per heavy atom. The summed E-state index contributed by atoms with van der Waals surface area (Å²) in [5, 5.41) is 2.79. The van der Waals surface area contributed by atoms with Gasteiger partial charge in [0.2, 0.25) is 5.91 Å². The number of rotatable bonds is 6. The van der Waals surface area contributed by atoms with Gasteiger partial charge in [0, 0.05) is 12.6 Å². The minimum absolute atomic E-state index is 0.0131. The number of nitrogens with two attached hydrogens (primary N) is 1. The average molecular weight is 250 g/mol. The molecule has 0 saturated heterocycles. The van der Waals surface area contributed by atoms with Crippen molar-refractivity contribution in [3.05, 3.63) is 29.3 Å². The van der Waals surface area contributed by atoms with Gasteiger partial charge in [-0.3, -0.25) is 4.79 Å². The highest BCUT2D eigenvalue weighted by Crippen LogP contribution is 2.16. The van der Waals surface area contributed by atoms with Crippen LogP contribution in [0.3, 0.4) is 0 Å². The van der Waals surface area contributed by atoms with Crippen LogP contribution in [0.4, 0.5) is 0 Å². The van der Waals surface area contributed by atoms with Crippen molar-refractivity contribution in [1.29, 1.82) is 0 Å². The fourth-order valence-electron chi connectivity index (χ4n) is 1.47. The first-order valence-corrected chi connectivity index (χ1v) is 6.22.